The first-order chi connectivity index (χ1) is 15.7. The number of benzene rings is 2. The molecule has 0 aliphatic carbocycles. The van der Waals surface area contributed by atoms with Gasteiger partial charge in [-0.3, -0.25) is 14.6 Å². The van der Waals surface area contributed by atoms with Crippen LogP contribution >= 0.6 is 11.3 Å². The van der Waals surface area contributed by atoms with Gasteiger partial charge in [0.2, 0.25) is 0 Å². The van der Waals surface area contributed by atoms with Gasteiger partial charge in [0, 0.05) is 57.8 Å². The number of amides is 1. The van der Waals surface area contributed by atoms with Gasteiger partial charge < -0.3 is 9.64 Å². The van der Waals surface area contributed by atoms with Crippen molar-refractivity contribution in [1.82, 2.24) is 9.88 Å². The van der Waals surface area contributed by atoms with Gasteiger partial charge in [0.05, 0.1) is 28.3 Å². The lowest BCUT2D eigenvalue weighted by Gasteiger charge is -2.29. The van der Waals surface area contributed by atoms with Gasteiger partial charge in [-0.25, -0.2) is 13.4 Å². The van der Waals surface area contributed by atoms with E-state index in [1.807, 2.05) is 43.3 Å². The first kappa shape index (κ1) is 23.6. The summed E-state index contributed by atoms with van der Waals surface area (Å²) >= 11 is 1.33. The molecule has 176 valence electrons. The van der Waals surface area contributed by atoms with Gasteiger partial charge in [-0.15, -0.1) is 0 Å². The van der Waals surface area contributed by atoms with E-state index >= 15 is 0 Å². The minimum atomic E-state index is -3.32. The van der Waals surface area contributed by atoms with Gasteiger partial charge in [0.25, 0.3) is 5.91 Å². The number of rotatable bonds is 7. The number of sulfone groups is 1. The van der Waals surface area contributed by atoms with E-state index in [-0.39, 0.29) is 10.8 Å². The first-order valence-corrected chi connectivity index (χ1v) is 13.4. The average Bonchev–Trinajstić information content (AvgIpc) is 3.22. The van der Waals surface area contributed by atoms with Gasteiger partial charge >= 0.3 is 0 Å². The molecule has 2 aromatic carbocycles. The molecule has 33 heavy (non-hydrogen) atoms. The lowest BCUT2D eigenvalue weighted by molar-refractivity contribution is 0.0391. The fraction of sp³-hybridized carbons (Fsp3) is 0.391. The van der Waals surface area contributed by atoms with Gasteiger partial charge in [-0.1, -0.05) is 11.3 Å². The van der Waals surface area contributed by atoms with Crippen molar-refractivity contribution in [2.24, 2.45) is 0 Å². The summed E-state index contributed by atoms with van der Waals surface area (Å²) in [6.07, 6.45) is 1.19. The predicted octanol–water partition coefficient (Wildman–Crippen LogP) is 2.74. The largest absolute Gasteiger partial charge is 0.379 e. The summed E-state index contributed by atoms with van der Waals surface area (Å²) in [7, 11) is 0.587. The van der Waals surface area contributed by atoms with E-state index in [1.54, 1.807) is 23.1 Å². The molecule has 4 rings (SSSR count). The van der Waals surface area contributed by atoms with Crippen LogP contribution in [0.15, 0.2) is 47.4 Å². The number of carbonyl (C=O) groups is 1. The van der Waals surface area contributed by atoms with Crippen LogP contribution in [0.5, 0.6) is 0 Å². The van der Waals surface area contributed by atoms with Crippen LogP contribution in [0, 0.1) is 0 Å². The number of thiazole rings is 1. The molecule has 2 heterocycles. The Morgan fingerprint density at radius 2 is 1.82 bits per heavy atom. The van der Waals surface area contributed by atoms with Gasteiger partial charge in [-0.05, 0) is 42.5 Å². The highest BCUT2D eigenvalue weighted by Crippen LogP contribution is 2.31. The smallest absolute Gasteiger partial charge is 0.260 e. The number of morpholine rings is 1. The minimum absolute atomic E-state index is 0.129. The fourth-order valence-corrected chi connectivity index (χ4v) is 5.40. The summed E-state index contributed by atoms with van der Waals surface area (Å²) in [5.41, 5.74) is 2.27. The van der Waals surface area contributed by atoms with Gasteiger partial charge in [0.1, 0.15) is 0 Å². The van der Waals surface area contributed by atoms with E-state index < -0.39 is 9.84 Å². The Hall–Kier alpha value is -2.53. The molecule has 0 bridgehead atoms. The Morgan fingerprint density at radius 3 is 2.45 bits per heavy atom. The number of anilines is 2. The van der Waals surface area contributed by atoms with E-state index in [2.05, 4.69) is 9.88 Å². The Labute approximate surface area is 198 Å². The Kier molecular flexibility index (Phi) is 6.99. The van der Waals surface area contributed by atoms with Crippen LogP contribution in [0.25, 0.3) is 10.2 Å². The van der Waals surface area contributed by atoms with Crippen molar-refractivity contribution in [2.75, 3.05) is 69.5 Å². The number of carbonyl (C=O) groups excluding carboxylic acids is 1. The molecule has 8 nitrogen and oxygen atoms in total. The third-order valence-electron chi connectivity index (χ3n) is 5.63. The van der Waals surface area contributed by atoms with E-state index in [9.17, 15) is 13.2 Å². The molecule has 0 atom stereocenters. The SMILES string of the molecule is CN(C)c1ccc(C(=O)N(CCN2CCOCC2)c2nc3ccc(S(C)(=O)=O)cc3s2)cc1. The van der Waals surface area contributed by atoms with Gasteiger partial charge in [-0.2, -0.15) is 0 Å². The highest BCUT2D eigenvalue weighted by Gasteiger charge is 2.23. The molecule has 1 fully saturated rings. The van der Waals surface area contributed by atoms with Crippen molar-refractivity contribution in [3.63, 3.8) is 0 Å². The summed E-state index contributed by atoms with van der Waals surface area (Å²) in [5.74, 6) is -0.129. The third-order valence-corrected chi connectivity index (χ3v) is 7.78. The van der Waals surface area contributed by atoms with E-state index in [0.29, 0.717) is 42.5 Å². The molecule has 10 heteroatoms. The summed E-state index contributed by atoms with van der Waals surface area (Å²) in [6, 6.07) is 12.4. The number of nitrogens with zero attached hydrogens (tertiary/aromatic N) is 4. The number of hydrogen-bond acceptors (Lipinski definition) is 8. The lowest BCUT2D eigenvalue weighted by Crippen LogP contribution is -2.43. The third kappa shape index (κ3) is 5.52. The molecule has 1 aliphatic rings. The zero-order chi connectivity index (χ0) is 23.6. The van der Waals surface area contributed by atoms with Crippen molar-refractivity contribution in [3.05, 3.63) is 48.0 Å². The van der Waals surface area contributed by atoms with Crippen LogP contribution in [0.2, 0.25) is 0 Å². The number of ether oxygens (including phenoxy) is 1. The topological polar surface area (TPSA) is 83.1 Å². The average molecular weight is 489 g/mol. The second-order valence-corrected chi connectivity index (χ2v) is 11.3. The molecule has 3 aromatic rings. The minimum Gasteiger partial charge on any atom is -0.379 e. The molecule has 0 spiro atoms. The van der Waals surface area contributed by atoms with Crippen LogP contribution in [0.4, 0.5) is 10.8 Å². The highest BCUT2D eigenvalue weighted by atomic mass is 32.2. The normalized spacial score (nSPS) is 15.0. The molecule has 0 N–H and O–H groups in total. The molecule has 1 aliphatic heterocycles. The predicted molar refractivity (Wildman–Crippen MR) is 132 cm³/mol. The number of aromatic nitrogens is 1. The summed E-state index contributed by atoms with van der Waals surface area (Å²) in [4.78, 5) is 24.4. The van der Waals surface area contributed by atoms with Crippen molar-refractivity contribution in [2.45, 2.75) is 4.90 Å². The molecule has 1 aromatic heterocycles. The molecule has 1 amide bonds. The highest BCUT2D eigenvalue weighted by molar-refractivity contribution is 7.90. The van der Waals surface area contributed by atoms with Crippen molar-refractivity contribution in [1.29, 1.82) is 0 Å². The number of fused-ring (bicyclic) bond motifs is 1. The summed E-state index contributed by atoms with van der Waals surface area (Å²) in [6.45, 7) is 4.22. The van der Waals surface area contributed by atoms with Crippen molar-refractivity contribution >= 4 is 48.1 Å². The molecular formula is C23H28N4O4S2. The van der Waals surface area contributed by atoms with Crippen LogP contribution in [0.1, 0.15) is 10.4 Å². The van der Waals surface area contributed by atoms with Crippen molar-refractivity contribution in [3.8, 4) is 0 Å². The summed E-state index contributed by atoms with van der Waals surface area (Å²) in [5, 5.41) is 0.561. The van der Waals surface area contributed by atoms with E-state index in [4.69, 9.17) is 4.74 Å². The second kappa shape index (κ2) is 9.76. The maximum atomic E-state index is 13.5. The van der Waals surface area contributed by atoms with Crippen LogP contribution in [0.3, 0.4) is 0 Å². The van der Waals surface area contributed by atoms with E-state index in [0.717, 1.165) is 23.5 Å². The monoisotopic (exact) mass is 488 g/mol. The zero-order valence-electron chi connectivity index (χ0n) is 19.0. The Morgan fingerprint density at radius 1 is 1.12 bits per heavy atom. The van der Waals surface area contributed by atoms with E-state index in [1.165, 1.54) is 17.6 Å². The Balaban J connectivity index is 1.66. The second-order valence-electron chi connectivity index (χ2n) is 8.25. The zero-order valence-corrected chi connectivity index (χ0v) is 20.7. The fourth-order valence-electron chi connectivity index (χ4n) is 3.65. The lowest BCUT2D eigenvalue weighted by atomic mass is 10.1. The maximum absolute atomic E-state index is 13.5. The maximum Gasteiger partial charge on any atom is 0.260 e. The molecule has 1 saturated heterocycles. The van der Waals surface area contributed by atoms with Gasteiger partial charge in [0.15, 0.2) is 15.0 Å². The first-order valence-electron chi connectivity index (χ1n) is 10.7. The summed E-state index contributed by atoms with van der Waals surface area (Å²) < 4.78 is 30.1. The van der Waals surface area contributed by atoms with Crippen LogP contribution in [-0.2, 0) is 14.6 Å². The molecular weight excluding hydrogens is 460 g/mol. The molecule has 0 unspecified atom stereocenters. The molecule has 0 radical (unpaired) electrons. The van der Waals surface area contributed by atoms with Crippen molar-refractivity contribution < 1.29 is 17.9 Å². The molecule has 0 saturated carbocycles. The quantitative estimate of drug-likeness (QED) is 0.506. The van der Waals surface area contributed by atoms with Crippen LogP contribution in [-0.4, -0.2) is 84.0 Å². The standard InChI is InChI=1S/C23H28N4O4S2/c1-25(2)18-6-4-17(5-7-18)22(28)27(11-10-26-12-14-31-15-13-26)23-24-20-9-8-19(33(3,29)30)16-21(20)32-23/h4-9,16H,10-15H2,1-3H3. The Bertz CT molecular complexity index is 1230. The number of hydrogen-bond donors (Lipinski definition) is 0. The van der Waals surface area contributed by atoms with Crippen LogP contribution < -0.4 is 9.80 Å².